The first-order chi connectivity index (χ1) is 9.76. The molecule has 1 aromatic rings. The fourth-order valence-electron chi connectivity index (χ4n) is 1.86. The normalized spacial score (nSPS) is 11.2. The number of carboxylic acid groups (broad SMARTS) is 1. The van der Waals surface area contributed by atoms with Gasteiger partial charge in [0.05, 0.1) is 5.69 Å². The van der Waals surface area contributed by atoms with Crippen LogP contribution in [0.2, 0.25) is 0 Å². The first-order valence-electron chi connectivity index (χ1n) is 6.63. The molecule has 0 aliphatic carbocycles. The Morgan fingerprint density at radius 1 is 1.14 bits per heavy atom. The van der Waals surface area contributed by atoms with Crippen LogP contribution in [0.4, 0.5) is 5.69 Å². The van der Waals surface area contributed by atoms with E-state index in [1.807, 2.05) is 18.2 Å². The van der Waals surface area contributed by atoms with Gasteiger partial charge in [-0.3, -0.25) is 0 Å². The second-order valence-electron chi connectivity index (χ2n) is 5.17. The molecule has 6 heteroatoms. The van der Waals surface area contributed by atoms with Gasteiger partial charge in [-0.1, -0.05) is 45.9 Å². The summed E-state index contributed by atoms with van der Waals surface area (Å²) in [5, 5.41) is 8.97. The Labute approximate surface area is 145 Å². The predicted octanol–water partition coefficient (Wildman–Crippen LogP) is 5.49. The quantitative estimate of drug-likeness (QED) is 0.669. The second kappa shape index (κ2) is 10.5. The van der Waals surface area contributed by atoms with Gasteiger partial charge in [0, 0.05) is 0 Å². The fraction of sp³-hybridized carbons (Fsp3) is 0.467. The third-order valence-corrected chi connectivity index (χ3v) is 2.93. The van der Waals surface area contributed by atoms with Crippen LogP contribution in [0.15, 0.2) is 23.2 Å². The SMILES string of the molecule is CC(=Nc1c(C(C)C)cccc1C(C)C)C(=O)O.[Cl][Zr][Cl]. The molecule has 0 bridgehead atoms. The standard InChI is InChI=1S/C15H21NO2.2ClH.Zr/c1-9(2)12-7-6-8-13(10(3)4)14(12)16-11(5)15(17)18;;;/h6-10H,1-5H3,(H,17,18);2*1H;/q;;;+2/p-2. The van der Waals surface area contributed by atoms with Crippen LogP contribution in [0, 0.1) is 0 Å². The van der Waals surface area contributed by atoms with Gasteiger partial charge in [-0.05, 0) is 29.9 Å². The van der Waals surface area contributed by atoms with Gasteiger partial charge in [-0.25, -0.2) is 9.79 Å². The molecule has 3 nitrogen and oxygen atoms in total. The van der Waals surface area contributed by atoms with E-state index in [0.29, 0.717) is 11.8 Å². The third-order valence-electron chi connectivity index (χ3n) is 2.93. The Morgan fingerprint density at radius 2 is 1.52 bits per heavy atom. The fourth-order valence-corrected chi connectivity index (χ4v) is 1.86. The topological polar surface area (TPSA) is 49.7 Å². The first-order valence-corrected chi connectivity index (χ1v) is 13.0. The molecule has 1 aromatic carbocycles. The monoisotopic (exact) mass is 407 g/mol. The average Bonchev–Trinajstić information content (AvgIpc) is 2.39. The van der Waals surface area contributed by atoms with Gasteiger partial charge in [-0.15, -0.1) is 0 Å². The molecule has 0 aliphatic heterocycles. The van der Waals surface area contributed by atoms with E-state index in [1.54, 1.807) is 0 Å². The van der Waals surface area contributed by atoms with Crippen molar-refractivity contribution in [1.82, 2.24) is 0 Å². The molecule has 0 unspecified atom stereocenters. The molecule has 0 heterocycles. The van der Waals surface area contributed by atoms with E-state index in [1.165, 1.54) is 6.92 Å². The number of carboxylic acids is 1. The van der Waals surface area contributed by atoms with Crippen molar-refractivity contribution in [3.8, 4) is 0 Å². The summed E-state index contributed by atoms with van der Waals surface area (Å²) in [5.41, 5.74) is 3.15. The minimum absolute atomic E-state index is 0.130. The number of rotatable bonds is 4. The molecule has 1 N–H and O–H groups in total. The van der Waals surface area contributed by atoms with Crippen LogP contribution in [-0.2, 0) is 25.6 Å². The summed E-state index contributed by atoms with van der Waals surface area (Å²) in [6.45, 7) is 9.90. The number of carbonyl (C=O) groups is 1. The maximum absolute atomic E-state index is 10.9. The number of aliphatic imine (C=N–C) groups is 1. The van der Waals surface area contributed by atoms with Crippen molar-refractivity contribution in [1.29, 1.82) is 0 Å². The van der Waals surface area contributed by atoms with Crippen molar-refractivity contribution in [2.24, 2.45) is 4.99 Å². The van der Waals surface area contributed by atoms with Gasteiger partial charge in [0.1, 0.15) is 5.71 Å². The van der Waals surface area contributed by atoms with Crippen molar-refractivity contribution in [2.75, 3.05) is 0 Å². The van der Waals surface area contributed by atoms with E-state index in [0.717, 1.165) is 16.8 Å². The van der Waals surface area contributed by atoms with E-state index >= 15 is 0 Å². The molecular formula is C15H21Cl2NO2Zr. The number of hydrogen-bond donors (Lipinski definition) is 1. The van der Waals surface area contributed by atoms with Gasteiger partial charge in [0.25, 0.3) is 0 Å². The van der Waals surface area contributed by atoms with Crippen LogP contribution in [0.5, 0.6) is 0 Å². The van der Waals surface area contributed by atoms with E-state index in [2.05, 4.69) is 32.7 Å². The maximum atomic E-state index is 10.9. The molecule has 21 heavy (non-hydrogen) atoms. The predicted molar refractivity (Wildman–Crippen MR) is 86.7 cm³/mol. The van der Waals surface area contributed by atoms with Crippen LogP contribution in [0.3, 0.4) is 0 Å². The molecule has 0 fully saturated rings. The number of nitrogens with zero attached hydrogens (tertiary/aromatic N) is 1. The zero-order chi connectivity index (χ0) is 16.6. The van der Waals surface area contributed by atoms with Crippen molar-refractivity contribution < 1.29 is 30.7 Å². The summed E-state index contributed by atoms with van der Waals surface area (Å²) in [6.07, 6.45) is 0. The van der Waals surface area contributed by atoms with E-state index in [-0.39, 0.29) is 5.71 Å². The third kappa shape index (κ3) is 7.08. The van der Waals surface area contributed by atoms with E-state index < -0.39 is 26.8 Å². The number of hydrogen-bond acceptors (Lipinski definition) is 2. The van der Waals surface area contributed by atoms with Gasteiger partial charge in [0.15, 0.2) is 0 Å². The van der Waals surface area contributed by atoms with Gasteiger partial charge in [-0.2, -0.15) is 0 Å². The molecule has 0 aliphatic rings. The number of aliphatic carboxylic acids is 1. The van der Waals surface area contributed by atoms with Gasteiger partial charge < -0.3 is 5.11 Å². The summed E-state index contributed by atoms with van der Waals surface area (Å²) in [5.74, 6) is -0.323. The van der Waals surface area contributed by atoms with Crippen LogP contribution < -0.4 is 0 Å². The first kappa shape index (κ1) is 20.8. The van der Waals surface area contributed by atoms with Crippen LogP contribution in [0.1, 0.15) is 57.6 Å². The Balaban J connectivity index is 0.00000122. The molecule has 0 saturated heterocycles. The van der Waals surface area contributed by atoms with Crippen LogP contribution in [0.25, 0.3) is 0 Å². The molecule has 0 radical (unpaired) electrons. The molecular weight excluding hydrogens is 388 g/mol. The van der Waals surface area contributed by atoms with Crippen molar-refractivity contribution >= 4 is 34.4 Å². The summed E-state index contributed by atoms with van der Waals surface area (Å²) in [7, 11) is 9.87. The molecule has 0 saturated carbocycles. The second-order valence-corrected chi connectivity index (χ2v) is 8.90. The molecule has 0 amide bonds. The van der Waals surface area contributed by atoms with Crippen molar-refractivity contribution in [3.63, 3.8) is 0 Å². The number of benzene rings is 1. The molecule has 116 valence electrons. The molecule has 0 aromatic heterocycles. The summed E-state index contributed by atoms with van der Waals surface area (Å²) >= 11 is -0.826. The summed E-state index contributed by atoms with van der Waals surface area (Å²) in [6, 6.07) is 6.05. The Kier molecular flexibility index (Phi) is 10.4. The zero-order valence-corrected chi connectivity index (χ0v) is 16.9. The van der Waals surface area contributed by atoms with E-state index in [4.69, 9.17) is 22.1 Å². The van der Waals surface area contributed by atoms with Gasteiger partial charge >= 0.3 is 43.8 Å². The van der Waals surface area contributed by atoms with Crippen molar-refractivity contribution in [2.45, 2.75) is 46.5 Å². The summed E-state index contributed by atoms with van der Waals surface area (Å²) in [4.78, 5) is 15.3. The van der Waals surface area contributed by atoms with E-state index in [9.17, 15) is 4.79 Å². The molecule has 0 spiro atoms. The Hall–Kier alpha value is -0.177. The van der Waals surface area contributed by atoms with Crippen molar-refractivity contribution in [3.05, 3.63) is 29.3 Å². The Morgan fingerprint density at radius 3 is 1.81 bits per heavy atom. The molecule has 1 rings (SSSR count). The zero-order valence-electron chi connectivity index (χ0n) is 12.9. The van der Waals surface area contributed by atoms with Crippen LogP contribution >= 0.6 is 17.0 Å². The Bertz CT molecular complexity index is 476. The molecule has 0 atom stereocenters. The summed E-state index contributed by atoms with van der Waals surface area (Å²) < 4.78 is 0. The van der Waals surface area contributed by atoms with Gasteiger partial charge in [0.2, 0.25) is 0 Å². The average molecular weight is 409 g/mol. The minimum atomic E-state index is -0.969. The van der Waals surface area contributed by atoms with Crippen LogP contribution in [-0.4, -0.2) is 16.8 Å². The number of para-hydroxylation sites is 1. The number of halogens is 2.